The van der Waals surface area contributed by atoms with Crippen LogP contribution in [0, 0.1) is 27.4 Å². The number of rotatable bonds is 6. The van der Waals surface area contributed by atoms with Gasteiger partial charge in [0, 0.05) is 18.3 Å². The number of hydrogen-bond donors (Lipinski definition) is 0. The lowest BCUT2D eigenvalue weighted by Gasteiger charge is -2.05. The van der Waals surface area contributed by atoms with Crippen LogP contribution in [-0.4, -0.2) is 36.8 Å². The summed E-state index contributed by atoms with van der Waals surface area (Å²) in [7, 11) is 1.12. The lowest BCUT2D eigenvalue weighted by atomic mass is 10.1. The maximum Gasteiger partial charge on any atom is 0.340 e. The molecule has 0 N–H and O–H groups in total. The monoisotopic (exact) mass is 319 g/mol. The minimum atomic E-state index is -1.25. The second kappa shape index (κ2) is 8.23. The summed E-state index contributed by atoms with van der Waals surface area (Å²) in [6, 6.07) is 5.07. The van der Waals surface area contributed by atoms with E-state index in [1.54, 1.807) is 13.0 Å². The number of nitriles is 1. The molecule has 0 saturated heterocycles. The number of nitro benzene ring substituents is 1. The van der Waals surface area contributed by atoms with E-state index in [2.05, 4.69) is 9.73 Å². The van der Waals surface area contributed by atoms with Crippen molar-refractivity contribution in [3.63, 3.8) is 0 Å². The molecule has 0 aliphatic heterocycles. The van der Waals surface area contributed by atoms with Crippen molar-refractivity contribution in [2.75, 3.05) is 13.7 Å². The molecule has 1 aromatic rings. The van der Waals surface area contributed by atoms with Crippen molar-refractivity contribution in [1.29, 1.82) is 5.26 Å². The van der Waals surface area contributed by atoms with Crippen LogP contribution in [0.3, 0.4) is 0 Å². The van der Waals surface area contributed by atoms with Crippen LogP contribution in [0.5, 0.6) is 0 Å². The highest BCUT2D eigenvalue weighted by atomic mass is 16.6. The SMILES string of the molecule is CCOC(=O)C(C#N)C=Nc1ccc([N+](=O)[O-])cc1C(=O)OC. The predicted octanol–water partition coefficient (Wildman–Crippen LogP) is 1.79. The van der Waals surface area contributed by atoms with Crippen molar-refractivity contribution in [3.8, 4) is 6.07 Å². The van der Waals surface area contributed by atoms with Crippen LogP contribution in [0.15, 0.2) is 23.2 Å². The maximum atomic E-state index is 11.7. The van der Waals surface area contributed by atoms with Gasteiger partial charge in [0.15, 0.2) is 5.92 Å². The fraction of sp³-hybridized carbons (Fsp3) is 0.286. The first-order valence-corrected chi connectivity index (χ1v) is 6.41. The number of nitrogens with zero attached hydrogens (tertiary/aromatic N) is 3. The molecule has 23 heavy (non-hydrogen) atoms. The summed E-state index contributed by atoms with van der Waals surface area (Å²) in [5.74, 6) is -2.86. The highest BCUT2D eigenvalue weighted by Crippen LogP contribution is 2.25. The predicted molar refractivity (Wildman–Crippen MR) is 78.3 cm³/mol. The van der Waals surface area contributed by atoms with E-state index >= 15 is 0 Å². The number of nitro groups is 1. The molecule has 0 spiro atoms. The van der Waals surface area contributed by atoms with E-state index in [9.17, 15) is 19.7 Å². The first-order valence-electron chi connectivity index (χ1n) is 6.41. The summed E-state index contributed by atoms with van der Waals surface area (Å²) >= 11 is 0. The molecule has 0 radical (unpaired) electrons. The zero-order valence-corrected chi connectivity index (χ0v) is 12.4. The number of aliphatic imine (C=N–C) groups is 1. The van der Waals surface area contributed by atoms with E-state index in [0.717, 1.165) is 25.5 Å². The van der Waals surface area contributed by atoms with E-state index in [1.165, 1.54) is 6.07 Å². The van der Waals surface area contributed by atoms with Crippen LogP contribution in [0.1, 0.15) is 17.3 Å². The Morgan fingerprint density at radius 1 is 1.52 bits per heavy atom. The van der Waals surface area contributed by atoms with E-state index < -0.39 is 22.8 Å². The lowest BCUT2D eigenvalue weighted by molar-refractivity contribution is -0.384. The smallest absolute Gasteiger partial charge is 0.340 e. The van der Waals surface area contributed by atoms with Gasteiger partial charge in [-0.3, -0.25) is 19.9 Å². The third-order valence-corrected chi connectivity index (χ3v) is 2.64. The van der Waals surface area contributed by atoms with Gasteiger partial charge in [-0.1, -0.05) is 0 Å². The van der Waals surface area contributed by atoms with Crippen molar-refractivity contribution < 1.29 is 24.0 Å². The highest BCUT2D eigenvalue weighted by molar-refractivity contribution is 5.98. The molecular weight excluding hydrogens is 306 g/mol. The highest BCUT2D eigenvalue weighted by Gasteiger charge is 2.19. The molecule has 0 aliphatic rings. The van der Waals surface area contributed by atoms with Crippen LogP contribution in [0.2, 0.25) is 0 Å². The Labute approximate surface area is 131 Å². The molecule has 0 heterocycles. The molecule has 1 unspecified atom stereocenters. The number of esters is 2. The van der Waals surface area contributed by atoms with Crippen molar-refractivity contribution in [2.45, 2.75) is 6.92 Å². The Morgan fingerprint density at radius 2 is 2.22 bits per heavy atom. The standard InChI is InChI=1S/C14H13N3O6/c1-3-23-13(18)9(7-15)8-16-12-5-4-10(17(20)21)6-11(12)14(19)22-2/h4-6,8-9H,3H2,1-2H3. The fourth-order valence-corrected chi connectivity index (χ4v) is 1.56. The first-order chi connectivity index (χ1) is 10.9. The van der Waals surface area contributed by atoms with Gasteiger partial charge in [0.2, 0.25) is 0 Å². The summed E-state index contributed by atoms with van der Waals surface area (Å²) in [4.78, 5) is 37.1. The van der Waals surface area contributed by atoms with Crippen LogP contribution in [0.25, 0.3) is 0 Å². The molecule has 0 fully saturated rings. The van der Waals surface area contributed by atoms with Crippen LogP contribution < -0.4 is 0 Å². The average molecular weight is 319 g/mol. The Balaban J connectivity index is 3.19. The maximum absolute atomic E-state index is 11.7. The first kappa shape index (κ1) is 17.8. The molecule has 0 amide bonds. The number of carbonyl (C=O) groups excluding carboxylic acids is 2. The number of methoxy groups -OCH3 is 1. The topological polar surface area (TPSA) is 132 Å². The molecular formula is C14H13N3O6. The van der Waals surface area contributed by atoms with Gasteiger partial charge in [-0.15, -0.1) is 0 Å². The van der Waals surface area contributed by atoms with Crippen LogP contribution >= 0.6 is 0 Å². The second-order valence-corrected chi connectivity index (χ2v) is 4.09. The molecule has 1 atom stereocenters. The van der Waals surface area contributed by atoms with Gasteiger partial charge in [-0.25, -0.2) is 4.79 Å². The van der Waals surface area contributed by atoms with Crippen LogP contribution in [0.4, 0.5) is 11.4 Å². The molecule has 120 valence electrons. The molecule has 0 aliphatic carbocycles. The zero-order chi connectivity index (χ0) is 17.4. The van der Waals surface area contributed by atoms with Gasteiger partial charge in [0.05, 0.1) is 36.0 Å². The number of hydrogen-bond acceptors (Lipinski definition) is 8. The number of benzene rings is 1. The van der Waals surface area contributed by atoms with Gasteiger partial charge < -0.3 is 9.47 Å². The van der Waals surface area contributed by atoms with E-state index in [0.29, 0.717) is 0 Å². The molecule has 1 rings (SSSR count). The molecule has 0 aromatic heterocycles. The summed E-state index contributed by atoms with van der Waals surface area (Å²) in [5.41, 5.74) is -0.433. The van der Waals surface area contributed by atoms with Gasteiger partial charge in [-0.05, 0) is 13.0 Å². The van der Waals surface area contributed by atoms with E-state index in [-0.39, 0.29) is 23.5 Å². The quantitative estimate of drug-likeness (QED) is 0.338. The molecule has 1 aromatic carbocycles. The zero-order valence-electron chi connectivity index (χ0n) is 12.4. The summed E-state index contributed by atoms with van der Waals surface area (Å²) in [5, 5.41) is 19.7. The minimum absolute atomic E-state index is 0.0343. The average Bonchev–Trinajstić information content (AvgIpc) is 2.54. The normalized spacial score (nSPS) is 11.5. The van der Waals surface area contributed by atoms with Gasteiger partial charge >= 0.3 is 11.9 Å². The van der Waals surface area contributed by atoms with Gasteiger partial charge in [-0.2, -0.15) is 5.26 Å². The summed E-state index contributed by atoms with van der Waals surface area (Å²) in [6.45, 7) is 1.70. The number of carbonyl (C=O) groups is 2. The lowest BCUT2D eigenvalue weighted by Crippen LogP contribution is -2.17. The number of ether oxygens (including phenoxy) is 2. The number of non-ortho nitro benzene ring substituents is 1. The minimum Gasteiger partial charge on any atom is -0.465 e. The third kappa shape index (κ3) is 4.60. The van der Waals surface area contributed by atoms with Crippen LogP contribution in [-0.2, 0) is 14.3 Å². The van der Waals surface area contributed by atoms with E-state index in [4.69, 9.17) is 10.00 Å². The second-order valence-electron chi connectivity index (χ2n) is 4.09. The third-order valence-electron chi connectivity index (χ3n) is 2.64. The Bertz CT molecular complexity index is 692. The summed E-state index contributed by atoms with van der Waals surface area (Å²) in [6.07, 6.45) is 1.01. The van der Waals surface area contributed by atoms with Gasteiger partial charge in [0.25, 0.3) is 5.69 Å². The van der Waals surface area contributed by atoms with Gasteiger partial charge in [0.1, 0.15) is 0 Å². The van der Waals surface area contributed by atoms with Crippen molar-refractivity contribution in [3.05, 3.63) is 33.9 Å². The molecule has 9 nitrogen and oxygen atoms in total. The Hall–Kier alpha value is -3.28. The molecule has 9 heteroatoms. The molecule has 0 saturated carbocycles. The molecule has 0 bridgehead atoms. The van der Waals surface area contributed by atoms with E-state index in [1.807, 2.05) is 0 Å². The Morgan fingerprint density at radius 3 is 2.74 bits per heavy atom. The van der Waals surface area contributed by atoms with Crippen molar-refractivity contribution in [2.24, 2.45) is 10.9 Å². The van der Waals surface area contributed by atoms with Crippen molar-refractivity contribution >= 4 is 29.5 Å². The van der Waals surface area contributed by atoms with Crippen molar-refractivity contribution in [1.82, 2.24) is 0 Å². The fourth-order valence-electron chi connectivity index (χ4n) is 1.56. The largest absolute Gasteiger partial charge is 0.465 e. The summed E-state index contributed by atoms with van der Waals surface area (Å²) < 4.78 is 9.24. The Kier molecular flexibility index (Phi) is 6.36.